The van der Waals surface area contributed by atoms with Crippen molar-refractivity contribution < 1.29 is 5.11 Å². The van der Waals surface area contributed by atoms with Crippen molar-refractivity contribution in [1.82, 2.24) is 10.2 Å². The fraction of sp³-hybridized carbons (Fsp3) is 0.333. The number of nitrogens with zero attached hydrogens (tertiary/aromatic N) is 1. The number of aromatic hydroxyl groups is 1. The molecule has 22 heavy (non-hydrogen) atoms. The van der Waals surface area contributed by atoms with Gasteiger partial charge in [-0.05, 0) is 41.8 Å². The third-order valence-corrected chi connectivity index (χ3v) is 5.48. The SMILES string of the molecule is Oc1ccc(Br)c2c1[C@@H](CN1Cc3ccccc3C1)NCC2. The van der Waals surface area contributed by atoms with Crippen LogP contribution in [0.25, 0.3) is 0 Å². The number of halogens is 1. The lowest BCUT2D eigenvalue weighted by Crippen LogP contribution is -2.37. The molecule has 0 fully saturated rings. The molecule has 2 aromatic rings. The van der Waals surface area contributed by atoms with Crippen LogP contribution in [-0.4, -0.2) is 23.1 Å². The lowest BCUT2D eigenvalue weighted by Gasteiger charge is -2.31. The summed E-state index contributed by atoms with van der Waals surface area (Å²) < 4.78 is 1.11. The molecule has 0 bridgehead atoms. The molecule has 0 saturated carbocycles. The van der Waals surface area contributed by atoms with Gasteiger partial charge in [-0.2, -0.15) is 0 Å². The minimum Gasteiger partial charge on any atom is -0.508 e. The molecule has 0 aromatic heterocycles. The molecule has 4 rings (SSSR count). The van der Waals surface area contributed by atoms with E-state index in [1.54, 1.807) is 6.07 Å². The van der Waals surface area contributed by atoms with Crippen molar-refractivity contribution in [3.05, 3.63) is 63.1 Å². The smallest absolute Gasteiger partial charge is 0.120 e. The zero-order valence-electron chi connectivity index (χ0n) is 12.3. The van der Waals surface area contributed by atoms with Gasteiger partial charge in [0.2, 0.25) is 0 Å². The van der Waals surface area contributed by atoms with E-state index in [1.807, 2.05) is 6.07 Å². The maximum absolute atomic E-state index is 10.3. The fourth-order valence-corrected chi connectivity index (χ4v) is 4.23. The summed E-state index contributed by atoms with van der Waals surface area (Å²) in [7, 11) is 0. The second kappa shape index (κ2) is 5.69. The van der Waals surface area contributed by atoms with Gasteiger partial charge >= 0.3 is 0 Å². The summed E-state index contributed by atoms with van der Waals surface area (Å²) >= 11 is 3.63. The van der Waals surface area contributed by atoms with E-state index < -0.39 is 0 Å². The standard InChI is InChI=1S/C18H19BrN2O/c19-15-5-6-17(22)18-14(15)7-8-20-16(18)11-21-9-12-3-1-2-4-13(12)10-21/h1-6,16,20,22H,7-11H2/t16-/m1/s1. The van der Waals surface area contributed by atoms with E-state index in [0.29, 0.717) is 5.75 Å². The molecule has 0 aliphatic carbocycles. The molecule has 0 spiro atoms. The van der Waals surface area contributed by atoms with E-state index in [1.165, 1.54) is 16.7 Å². The maximum Gasteiger partial charge on any atom is 0.120 e. The monoisotopic (exact) mass is 358 g/mol. The Bertz CT molecular complexity index is 691. The van der Waals surface area contributed by atoms with E-state index in [4.69, 9.17) is 0 Å². The molecule has 1 atom stereocenters. The van der Waals surface area contributed by atoms with Crippen LogP contribution < -0.4 is 5.32 Å². The van der Waals surface area contributed by atoms with E-state index in [9.17, 15) is 5.11 Å². The van der Waals surface area contributed by atoms with Gasteiger partial charge in [-0.25, -0.2) is 0 Å². The first-order valence-corrected chi connectivity index (χ1v) is 8.54. The lowest BCUT2D eigenvalue weighted by atomic mass is 9.93. The first-order chi connectivity index (χ1) is 10.7. The Labute approximate surface area is 139 Å². The van der Waals surface area contributed by atoms with Crippen molar-refractivity contribution in [2.45, 2.75) is 25.6 Å². The topological polar surface area (TPSA) is 35.5 Å². The van der Waals surface area contributed by atoms with Crippen LogP contribution in [0, 0.1) is 0 Å². The molecular weight excluding hydrogens is 340 g/mol. The van der Waals surface area contributed by atoms with Crippen LogP contribution in [0.15, 0.2) is 40.9 Å². The second-order valence-electron chi connectivity index (χ2n) is 6.15. The van der Waals surface area contributed by atoms with Crippen LogP contribution in [0.1, 0.15) is 28.3 Å². The summed E-state index contributed by atoms with van der Waals surface area (Å²) in [5, 5.41) is 13.9. The van der Waals surface area contributed by atoms with Crippen LogP contribution >= 0.6 is 15.9 Å². The number of phenols is 1. The van der Waals surface area contributed by atoms with Gasteiger partial charge in [-0.15, -0.1) is 0 Å². The second-order valence-corrected chi connectivity index (χ2v) is 7.01. The summed E-state index contributed by atoms with van der Waals surface area (Å²) in [5.41, 5.74) is 5.17. The summed E-state index contributed by atoms with van der Waals surface area (Å²) in [6.07, 6.45) is 0.959. The average Bonchev–Trinajstić information content (AvgIpc) is 2.93. The highest BCUT2D eigenvalue weighted by molar-refractivity contribution is 9.10. The normalized spacial score (nSPS) is 20.7. The number of benzene rings is 2. The fourth-order valence-electron chi connectivity index (χ4n) is 3.69. The first kappa shape index (κ1) is 14.2. The molecule has 0 amide bonds. The highest BCUT2D eigenvalue weighted by Crippen LogP contribution is 2.37. The van der Waals surface area contributed by atoms with Crippen molar-refractivity contribution in [3.63, 3.8) is 0 Å². The predicted octanol–water partition coefficient (Wildman–Crippen LogP) is 3.36. The molecule has 2 N–H and O–H groups in total. The molecule has 2 aromatic carbocycles. The largest absolute Gasteiger partial charge is 0.508 e. The van der Waals surface area contributed by atoms with Crippen molar-refractivity contribution >= 4 is 15.9 Å². The van der Waals surface area contributed by atoms with E-state index in [0.717, 1.165) is 42.6 Å². The summed E-state index contributed by atoms with van der Waals surface area (Å²) in [6, 6.07) is 12.6. The highest BCUT2D eigenvalue weighted by Gasteiger charge is 2.28. The third kappa shape index (κ3) is 2.45. The molecule has 0 unspecified atom stereocenters. The Kier molecular flexibility index (Phi) is 3.68. The molecule has 0 radical (unpaired) electrons. The molecule has 3 nitrogen and oxygen atoms in total. The van der Waals surface area contributed by atoms with Gasteiger partial charge < -0.3 is 10.4 Å². The molecule has 0 saturated heterocycles. The summed E-state index contributed by atoms with van der Waals surface area (Å²) in [4.78, 5) is 2.46. The van der Waals surface area contributed by atoms with Crippen molar-refractivity contribution in [2.24, 2.45) is 0 Å². The van der Waals surface area contributed by atoms with Crippen LogP contribution in [0.5, 0.6) is 5.75 Å². The van der Waals surface area contributed by atoms with Gasteiger partial charge in [0.05, 0.1) is 0 Å². The highest BCUT2D eigenvalue weighted by atomic mass is 79.9. The molecule has 4 heteroatoms. The molecule has 2 aliphatic heterocycles. The minimum absolute atomic E-state index is 0.190. The Morgan fingerprint density at radius 3 is 2.59 bits per heavy atom. The number of rotatable bonds is 2. The Hall–Kier alpha value is -1.36. The quantitative estimate of drug-likeness (QED) is 0.863. The van der Waals surface area contributed by atoms with E-state index in [2.05, 4.69) is 50.4 Å². The van der Waals surface area contributed by atoms with Gasteiger partial charge in [-0.3, -0.25) is 4.90 Å². The van der Waals surface area contributed by atoms with Crippen molar-refractivity contribution in [1.29, 1.82) is 0 Å². The van der Waals surface area contributed by atoms with Crippen LogP contribution in [0.4, 0.5) is 0 Å². The Morgan fingerprint density at radius 1 is 1.14 bits per heavy atom. The van der Waals surface area contributed by atoms with Gasteiger partial charge in [0.15, 0.2) is 0 Å². The van der Waals surface area contributed by atoms with Crippen LogP contribution in [-0.2, 0) is 19.5 Å². The lowest BCUT2D eigenvalue weighted by molar-refractivity contribution is 0.242. The zero-order valence-corrected chi connectivity index (χ0v) is 13.9. The Balaban J connectivity index is 1.58. The zero-order chi connectivity index (χ0) is 15.1. The number of phenolic OH excluding ortho intramolecular Hbond substituents is 1. The maximum atomic E-state index is 10.3. The van der Waals surface area contributed by atoms with Gasteiger partial charge in [0.25, 0.3) is 0 Å². The molecular formula is C18H19BrN2O. The van der Waals surface area contributed by atoms with Gasteiger partial charge in [0, 0.05) is 35.7 Å². The summed E-state index contributed by atoms with van der Waals surface area (Å²) in [6.45, 7) is 3.88. The minimum atomic E-state index is 0.190. The first-order valence-electron chi connectivity index (χ1n) is 7.75. The van der Waals surface area contributed by atoms with E-state index in [-0.39, 0.29) is 6.04 Å². The molecule has 2 heterocycles. The average molecular weight is 359 g/mol. The Morgan fingerprint density at radius 2 is 1.86 bits per heavy atom. The predicted molar refractivity (Wildman–Crippen MR) is 90.8 cm³/mol. The number of hydrogen-bond donors (Lipinski definition) is 2. The van der Waals surface area contributed by atoms with Crippen molar-refractivity contribution in [2.75, 3.05) is 13.1 Å². The third-order valence-electron chi connectivity index (χ3n) is 4.74. The van der Waals surface area contributed by atoms with E-state index >= 15 is 0 Å². The van der Waals surface area contributed by atoms with Crippen LogP contribution in [0.3, 0.4) is 0 Å². The van der Waals surface area contributed by atoms with Gasteiger partial charge in [0.1, 0.15) is 5.75 Å². The van der Waals surface area contributed by atoms with Crippen molar-refractivity contribution in [3.8, 4) is 5.75 Å². The number of hydrogen-bond acceptors (Lipinski definition) is 3. The molecule has 2 aliphatic rings. The number of fused-ring (bicyclic) bond motifs is 2. The summed E-state index contributed by atoms with van der Waals surface area (Å²) in [5.74, 6) is 0.409. The van der Waals surface area contributed by atoms with Crippen LogP contribution in [0.2, 0.25) is 0 Å². The number of nitrogens with one attached hydrogen (secondary N) is 1. The molecule has 114 valence electrons. The van der Waals surface area contributed by atoms with Gasteiger partial charge in [-0.1, -0.05) is 40.2 Å².